The number of carbonyl (C=O) groups is 1. The van der Waals surface area contributed by atoms with Crippen molar-refractivity contribution < 1.29 is 13.6 Å². The van der Waals surface area contributed by atoms with Gasteiger partial charge < -0.3 is 13.6 Å². The molecule has 0 spiro atoms. The lowest BCUT2D eigenvalue weighted by atomic mass is 10.0. The van der Waals surface area contributed by atoms with Gasteiger partial charge in [0.2, 0.25) is 0 Å². The Labute approximate surface area is 244 Å². The molecule has 2 heterocycles. The Balaban J connectivity index is 0.000000220. The van der Waals surface area contributed by atoms with Gasteiger partial charge in [0, 0.05) is 37.4 Å². The van der Waals surface area contributed by atoms with Gasteiger partial charge in [-0.05, 0) is 73.4 Å². The molecule has 8 heteroatoms. The molecule has 2 aromatic heterocycles. The largest absolute Gasteiger partial charge is 0.417 e. The zero-order valence-corrected chi connectivity index (χ0v) is 28.2. The number of carbonyl (C=O) groups excluding carboxylic acids is 1. The minimum atomic E-state index is -1.74. The summed E-state index contributed by atoms with van der Waals surface area (Å²) >= 11 is 0. The third kappa shape index (κ3) is 6.81. The predicted octanol–water partition coefficient (Wildman–Crippen LogP) is 7.44. The standard InChI is InChI=1S/C16H24N2OSi.C16H25NO2Si/c1-15(2,3)20(4,5)19-11-13-10-16(13,12-17)14-8-6-7-9-18-14;1-15(2,3)20(4,5)19-11-13-10-16(13,12-18)14-8-6-7-9-17-14/h6-9,13H,10-11H2,1-5H3;6-9,12-13H,10-11H2,1-5H3/t2*13-,16-/m11/s1. The SMILES string of the molecule is CC(C)(C)[Si](C)(C)OC[C@H]1C[C@]1(C#N)c1ccccn1.CC(C)(C)[Si](C)(C)OC[C@H]1C[C@]1(C=O)c1ccccn1. The molecule has 2 aromatic rings. The van der Waals surface area contributed by atoms with Crippen LogP contribution in [0.1, 0.15) is 65.8 Å². The average molecular weight is 580 g/mol. The second-order valence-electron chi connectivity index (χ2n) is 14.6. The van der Waals surface area contributed by atoms with Crippen molar-refractivity contribution in [2.24, 2.45) is 11.8 Å². The first kappa shape index (κ1) is 32.3. The fourth-order valence-corrected chi connectivity index (χ4v) is 6.53. The van der Waals surface area contributed by atoms with Crippen LogP contribution in [0.2, 0.25) is 36.3 Å². The van der Waals surface area contributed by atoms with Crippen LogP contribution in [0.3, 0.4) is 0 Å². The normalized spacial score (nSPS) is 26.2. The zero-order chi connectivity index (χ0) is 30.0. The summed E-state index contributed by atoms with van der Waals surface area (Å²) in [6.07, 6.45) is 6.31. The van der Waals surface area contributed by atoms with Crippen molar-refractivity contribution in [2.45, 2.75) is 101 Å². The molecule has 4 rings (SSSR count). The molecule has 40 heavy (non-hydrogen) atoms. The molecule has 0 radical (unpaired) electrons. The lowest BCUT2D eigenvalue weighted by Gasteiger charge is -2.36. The van der Waals surface area contributed by atoms with E-state index in [0.29, 0.717) is 13.2 Å². The Hall–Kier alpha value is -2.19. The Bertz CT molecular complexity index is 1190. The Morgan fingerprint density at radius 1 is 0.850 bits per heavy atom. The molecular weight excluding hydrogens is 531 g/mol. The summed E-state index contributed by atoms with van der Waals surface area (Å²) in [6, 6.07) is 14.0. The van der Waals surface area contributed by atoms with Crippen molar-refractivity contribution in [3.63, 3.8) is 0 Å². The Morgan fingerprint density at radius 2 is 1.32 bits per heavy atom. The summed E-state index contributed by atoms with van der Waals surface area (Å²) in [5, 5.41) is 9.95. The molecule has 6 nitrogen and oxygen atoms in total. The fraction of sp³-hybridized carbons (Fsp3) is 0.625. The van der Waals surface area contributed by atoms with Crippen LogP contribution in [0.5, 0.6) is 0 Å². The second kappa shape index (κ2) is 11.6. The third-order valence-electron chi connectivity index (χ3n) is 9.83. The maximum atomic E-state index is 11.5. The second-order valence-corrected chi connectivity index (χ2v) is 24.2. The number of nitriles is 1. The van der Waals surface area contributed by atoms with Gasteiger partial charge in [0.25, 0.3) is 0 Å². The summed E-state index contributed by atoms with van der Waals surface area (Å²) in [7, 11) is -3.47. The van der Waals surface area contributed by atoms with Crippen molar-refractivity contribution in [2.75, 3.05) is 13.2 Å². The molecular formula is C32H49N3O3Si2. The van der Waals surface area contributed by atoms with Crippen molar-refractivity contribution >= 4 is 22.9 Å². The monoisotopic (exact) mass is 579 g/mol. The molecule has 0 amide bonds. The summed E-state index contributed by atoms with van der Waals surface area (Å²) in [6.45, 7) is 23.8. The van der Waals surface area contributed by atoms with Gasteiger partial charge in [-0.3, -0.25) is 9.97 Å². The quantitative estimate of drug-likeness (QED) is 0.227. The lowest BCUT2D eigenvalue weighted by Crippen LogP contribution is -2.41. The molecule has 2 aliphatic carbocycles. The molecule has 2 aliphatic rings. The van der Waals surface area contributed by atoms with Crippen LogP contribution < -0.4 is 0 Å². The summed E-state index contributed by atoms with van der Waals surface area (Å²) < 4.78 is 12.5. The number of hydrogen-bond acceptors (Lipinski definition) is 6. The molecule has 0 unspecified atom stereocenters. The van der Waals surface area contributed by atoms with Crippen LogP contribution in [0.4, 0.5) is 0 Å². The van der Waals surface area contributed by atoms with E-state index in [-0.39, 0.29) is 21.9 Å². The van der Waals surface area contributed by atoms with Crippen LogP contribution in [-0.4, -0.2) is 46.1 Å². The third-order valence-corrected chi connectivity index (χ3v) is 18.8. The first-order valence-corrected chi connectivity index (χ1v) is 20.3. The van der Waals surface area contributed by atoms with E-state index in [1.165, 1.54) is 0 Å². The van der Waals surface area contributed by atoms with E-state index in [1.54, 1.807) is 12.4 Å². The van der Waals surface area contributed by atoms with Crippen molar-refractivity contribution in [3.8, 4) is 6.07 Å². The van der Waals surface area contributed by atoms with Crippen LogP contribution >= 0.6 is 0 Å². The molecule has 2 fully saturated rings. The van der Waals surface area contributed by atoms with Gasteiger partial charge in [0.1, 0.15) is 11.7 Å². The van der Waals surface area contributed by atoms with Crippen LogP contribution in [-0.2, 0) is 24.5 Å². The summed E-state index contributed by atoms with van der Waals surface area (Å²) in [4.78, 5) is 20.2. The zero-order valence-electron chi connectivity index (χ0n) is 26.2. The van der Waals surface area contributed by atoms with Crippen molar-refractivity contribution in [1.82, 2.24) is 9.97 Å². The number of nitrogens with zero attached hydrogens (tertiary/aromatic N) is 3. The molecule has 218 valence electrons. The molecule has 0 saturated heterocycles. The number of rotatable bonds is 9. The molecule has 2 saturated carbocycles. The van der Waals surface area contributed by atoms with Gasteiger partial charge in [0.15, 0.2) is 16.6 Å². The summed E-state index contributed by atoms with van der Waals surface area (Å²) in [5.41, 5.74) is 0.970. The van der Waals surface area contributed by atoms with E-state index >= 15 is 0 Å². The Morgan fingerprint density at radius 3 is 1.73 bits per heavy atom. The van der Waals surface area contributed by atoms with E-state index in [2.05, 4.69) is 83.8 Å². The van der Waals surface area contributed by atoms with Crippen LogP contribution in [0, 0.1) is 23.2 Å². The van der Waals surface area contributed by atoms with Gasteiger partial charge in [-0.15, -0.1) is 0 Å². The van der Waals surface area contributed by atoms with Crippen LogP contribution in [0.15, 0.2) is 48.8 Å². The van der Waals surface area contributed by atoms with Crippen LogP contribution in [0.25, 0.3) is 0 Å². The molecule has 0 N–H and O–H groups in total. The highest BCUT2D eigenvalue weighted by atomic mass is 28.4. The minimum absolute atomic E-state index is 0.205. The molecule has 0 aromatic carbocycles. The smallest absolute Gasteiger partial charge is 0.191 e. The molecule has 0 aliphatic heterocycles. The number of hydrogen-bond donors (Lipinski definition) is 0. The number of aldehydes is 1. The van der Waals surface area contributed by atoms with Gasteiger partial charge in [-0.2, -0.15) is 5.26 Å². The molecule has 4 atom stereocenters. The van der Waals surface area contributed by atoms with Gasteiger partial charge in [0.05, 0.1) is 22.9 Å². The van der Waals surface area contributed by atoms with Gasteiger partial charge in [-0.25, -0.2) is 0 Å². The first-order chi connectivity index (χ1) is 18.5. The van der Waals surface area contributed by atoms with E-state index in [9.17, 15) is 10.1 Å². The van der Waals surface area contributed by atoms with E-state index in [4.69, 9.17) is 8.85 Å². The van der Waals surface area contributed by atoms with Crippen molar-refractivity contribution in [3.05, 3.63) is 60.2 Å². The lowest BCUT2D eigenvalue weighted by molar-refractivity contribution is -0.110. The molecule has 0 bridgehead atoms. The highest BCUT2D eigenvalue weighted by Crippen LogP contribution is 2.54. The maximum absolute atomic E-state index is 11.5. The minimum Gasteiger partial charge on any atom is -0.417 e. The summed E-state index contributed by atoms with van der Waals surface area (Å²) in [5.74, 6) is 0.570. The van der Waals surface area contributed by atoms with E-state index < -0.39 is 27.5 Å². The number of pyridine rings is 2. The van der Waals surface area contributed by atoms with E-state index in [1.807, 2.05) is 36.4 Å². The van der Waals surface area contributed by atoms with Crippen molar-refractivity contribution in [1.29, 1.82) is 5.26 Å². The average Bonchev–Trinajstić information content (AvgIpc) is 3.80. The fourth-order valence-electron chi connectivity index (χ4n) is 4.43. The highest BCUT2D eigenvalue weighted by molar-refractivity contribution is 6.74. The maximum Gasteiger partial charge on any atom is 0.191 e. The van der Waals surface area contributed by atoms with Gasteiger partial charge >= 0.3 is 0 Å². The van der Waals surface area contributed by atoms with Gasteiger partial charge in [-0.1, -0.05) is 53.7 Å². The predicted molar refractivity (Wildman–Crippen MR) is 166 cm³/mol. The first-order valence-electron chi connectivity index (χ1n) is 14.4. The highest BCUT2D eigenvalue weighted by Gasteiger charge is 2.58. The Kier molecular flexibility index (Phi) is 9.37. The number of aromatic nitrogens is 2. The topological polar surface area (TPSA) is 85.1 Å². The van der Waals surface area contributed by atoms with E-state index in [0.717, 1.165) is 30.5 Å².